The molecule has 0 spiro atoms. The maximum absolute atomic E-state index is 14.8. The molecule has 2 aromatic heterocycles. The van der Waals surface area contributed by atoms with Gasteiger partial charge in [-0.25, -0.2) is 0 Å². The monoisotopic (exact) mass is 1360 g/mol. The van der Waals surface area contributed by atoms with E-state index in [0.29, 0.717) is 109 Å². The zero-order valence-corrected chi connectivity index (χ0v) is 54.9. The summed E-state index contributed by atoms with van der Waals surface area (Å²) in [5.41, 5.74) is 11.0. The van der Waals surface area contributed by atoms with Gasteiger partial charge < -0.3 is 45.2 Å². The van der Waals surface area contributed by atoms with Crippen LogP contribution in [-0.4, -0.2) is 164 Å². The van der Waals surface area contributed by atoms with E-state index in [4.69, 9.17) is 0 Å². The molecule has 4 fully saturated rings. The van der Waals surface area contributed by atoms with Gasteiger partial charge in [0.15, 0.2) is 0 Å². The van der Waals surface area contributed by atoms with Crippen LogP contribution in [0.4, 0.5) is 39.5 Å². The Morgan fingerprint density at radius 2 is 1.00 bits per heavy atom. The lowest BCUT2D eigenvalue weighted by Crippen LogP contribution is -2.57. The molecular formula is C73H83F9N12O4. The topological polar surface area (TPSA) is 148 Å². The van der Waals surface area contributed by atoms with Gasteiger partial charge in [0.25, 0.3) is 0 Å². The first kappa shape index (κ1) is 69.9. The van der Waals surface area contributed by atoms with Crippen molar-refractivity contribution in [2.24, 2.45) is 0 Å². The van der Waals surface area contributed by atoms with Crippen molar-refractivity contribution in [2.75, 3.05) is 98.2 Å². The molecule has 4 saturated heterocycles. The number of amides is 2. The quantitative estimate of drug-likeness (QED) is 0.0268. The van der Waals surface area contributed by atoms with Crippen LogP contribution in [0.5, 0.6) is 11.5 Å². The number of nitrogens with one attached hydrogen (secondary N) is 6. The van der Waals surface area contributed by atoms with Gasteiger partial charge in [-0.2, -0.15) is 13.2 Å². The molecule has 4 aliphatic rings. The van der Waals surface area contributed by atoms with Gasteiger partial charge in [0, 0.05) is 189 Å². The highest BCUT2D eigenvalue weighted by atomic mass is 19.4. The van der Waals surface area contributed by atoms with Crippen LogP contribution < -0.4 is 41.4 Å². The van der Waals surface area contributed by atoms with Gasteiger partial charge in [-0.15, -0.1) is 26.3 Å². The summed E-state index contributed by atoms with van der Waals surface area (Å²) < 4.78 is 135. The Kier molecular flexibility index (Phi) is 21.8. The maximum atomic E-state index is 14.8. The third kappa shape index (κ3) is 17.9. The lowest BCUT2D eigenvalue weighted by atomic mass is 9.96. The minimum atomic E-state index is -4.84. The molecular weight excluding hydrogens is 1280 g/mol. The van der Waals surface area contributed by atoms with E-state index < -0.39 is 36.5 Å². The number of hydrogen-bond acceptors (Lipinski definition) is 12. The Morgan fingerprint density at radius 1 is 0.520 bits per heavy atom. The van der Waals surface area contributed by atoms with Gasteiger partial charge in [0.05, 0.1) is 17.6 Å². The first-order valence-corrected chi connectivity index (χ1v) is 33.6. The van der Waals surface area contributed by atoms with E-state index >= 15 is 0 Å². The van der Waals surface area contributed by atoms with Crippen molar-refractivity contribution in [1.29, 1.82) is 0 Å². The second-order valence-electron chi connectivity index (χ2n) is 26.1. The van der Waals surface area contributed by atoms with Gasteiger partial charge in [-0.3, -0.25) is 34.5 Å². The van der Waals surface area contributed by atoms with E-state index in [1.165, 1.54) is 47.0 Å². The Balaban J connectivity index is 0.655. The second-order valence-corrected chi connectivity index (χ2v) is 26.1. The molecule has 522 valence electrons. The van der Waals surface area contributed by atoms with E-state index in [9.17, 15) is 49.1 Å². The van der Waals surface area contributed by atoms with Crippen LogP contribution in [-0.2, 0) is 55.0 Å². The predicted octanol–water partition coefficient (Wildman–Crippen LogP) is 10.9. The minimum absolute atomic E-state index is 0.0597. The van der Waals surface area contributed by atoms with Gasteiger partial charge >= 0.3 is 18.9 Å². The fourth-order valence-corrected chi connectivity index (χ4v) is 14.0. The smallest absolute Gasteiger partial charge is 0.406 e. The summed E-state index contributed by atoms with van der Waals surface area (Å²) >= 11 is 0. The summed E-state index contributed by atoms with van der Waals surface area (Å²) in [5, 5.41) is 21.1. The number of alkyl halides is 9. The average Bonchev–Trinajstić information content (AvgIpc) is 1.50. The highest BCUT2D eigenvalue weighted by Crippen LogP contribution is 2.38. The number of nitrogens with zero attached hydrogens (tertiary/aromatic N) is 6. The maximum Gasteiger partial charge on any atom is 0.573 e. The molecule has 16 nitrogen and oxygen atoms in total. The number of fused-ring (bicyclic) bond motifs is 2. The van der Waals surface area contributed by atoms with E-state index in [-0.39, 0.29) is 41.5 Å². The van der Waals surface area contributed by atoms with Crippen molar-refractivity contribution < 1.29 is 58.6 Å². The molecule has 12 rings (SSSR count). The lowest BCUT2D eigenvalue weighted by molar-refractivity contribution is -0.275. The Labute approximate surface area is 563 Å². The number of ether oxygens (including phenoxy) is 2. The number of halogens is 9. The summed E-state index contributed by atoms with van der Waals surface area (Å²) in [6, 6.07) is 33.3. The van der Waals surface area contributed by atoms with Crippen molar-refractivity contribution >= 4 is 33.6 Å². The molecule has 6 N–H and O–H groups in total. The number of hydrogen-bond donors (Lipinski definition) is 6. The van der Waals surface area contributed by atoms with Crippen molar-refractivity contribution in [3.05, 3.63) is 178 Å². The Bertz CT molecular complexity index is 4020. The number of benzene rings is 6. The van der Waals surface area contributed by atoms with Crippen LogP contribution >= 0.6 is 0 Å². The number of piperazine rings is 4. The second kappa shape index (κ2) is 30.6. The summed E-state index contributed by atoms with van der Waals surface area (Å²) in [7, 11) is 0. The summed E-state index contributed by atoms with van der Waals surface area (Å²) in [6.45, 7) is 17.0. The van der Waals surface area contributed by atoms with Crippen LogP contribution in [0, 0.1) is 13.8 Å². The third-order valence-corrected chi connectivity index (χ3v) is 19.2. The fourth-order valence-electron chi connectivity index (χ4n) is 14.0. The first-order chi connectivity index (χ1) is 47.0. The number of carbonyl (C=O) groups is 2. The molecule has 25 heteroatoms. The average molecular weight is 1360 g/mol. The van der Waals surface area contributed by atoms with E-state index in [0.717, 1.165) is 102 Å². The van der Waals surface area contributed by atoms with Gasteiger partial charge in [-0.1, -0.05) is 66.7 Å². The normalized spacial score (nSPS) is 18.9. The summed E-state index contributed by atoms with van der Waals surface area (Å²) in [6.07, 6.45) is -9.14. The fraction of sp³-hybridized carbons (Fsp3) is 0.425. The van der Waals surface area contributed by atoms with Crippen molar-refractivity contribution in [1.82, 2.24) is 60.6 Å². The van der Waals surface area contributed by atoms with Crippen molar-refractivity contribution in [2.45, 2.75) is 103 Å². The molecule has 0 bridgehead atoms. The third-order valence-electron chi connectivity index (χ3n) is 19.2. The van der Waals surface area contributed by atoms with Crippen LogP contribution in [0.15, 0.2) is 134 Å². The summed E-state index contributed by atoms with van der Waals surface area (Å²) in [4.78, 5) is 35.8. The number of aryl methyl sites for hydroxylation is 4. The number of rotatable bonds is 23. The molecule has 2 amide bonds. The van der Waals surface area contributed by atoms with Crippen LogP contribution in [0.25, 0.3) is 44.1 Å². The molecule has 8 aromatic rings. The zero-order valence-electron chi connectivity index (χ0n) is 54.9. The molecule has 0 aliphatic carbocycles. The Hall–Kier alpha value is -8.01. The van der Waals surface area contributed by atoms with E-state index in [2.05, 4.69) is 122 Å². The lowest BCUT2D eigenvalue weighted by Gasteiger charge is -2.35. The molecule has 0 radical (unpaired) electrons. The largest absolute Gasteiger partial charge is 0.573 e. The van der Waals surface area contributed by atoms with E-state index in [1.54, 1.807) is 30.3 Å². The van der Waals surface area contributed by atoms with Gasteiger partial charge in [0.2, 0.25) is 11.8 Å². The highest BCUT2D eigenvalue weighted by molar-refractivity contribution is 5.98. The first-order valence-electron chi connectivity index (χ1n) is 33.6. The minimum Gasteiger partial charge on any atom is -0.406 e. The standard InChI is InChI=1S/C73H83F9N12O4/c1-48-6-3-7-49(2)60(48)45-92-34-30-90(31-35-92)43-51-9-21-68-59(37-51)62(53-12-17-57(18-13-53)98-73(80,81)82)47-94(68)27-5-23-87-70(96)66-41-84-39-64(88-66)54-14-19-63(71(74,75)76)55(38-54)44-91-32-28-89(29-33-91)42-50-8-20-67-58(36-50)61(52-10-15-56(16-11-52)97-72(77,78)79)46-93(67)26-4-22-86-69(95)65-40-83-24-25-85-65/h3,6-21,36-38,46-47,64-66,83-85,88H,4-5,22-35,39-45H2,1-2H3,(H,86,95)(H,87,96). The van der Waals surface area contributed by atoms with Crippen LogP contribution in [0.3, 0.4) is 0 Å². The Morgan fingerprint density at radius 3 is 1.48 bits per heavy atom. The molecule has 3 atom stereocenters. The predicted molar refractivity (Wildman–Crippen MR) is 359 cm³/mol. The zero-order chi connectivity index (χ0) is 68.7. The van der Waals surface area contributed by atoms with Crippen LogP contribution in [0.2, 0.25) is 0 Å². The van der Waals surface area contributed by atoms with E-state index in [1.807, 2.05) is 29.4 Å². The van der Waals surface area contributed by atoms with Gasteiger partial charge in [-0.05, 0) is 131 Å². The summed E-state index contributed by atoms with van der Waals surface area (Å²) in [5.74, 6) is -0.982. The highest BCUT2D eigenvalue weighted by Gasteiger charge is 2.37. The van der Waals surface area contributed by atoms with Crippen LogP contribution in [0.1, 0.15) is 63.4 Å². The molecule has 6 heterocycles. The van der Waals surface area contributed by atoms with Crippen molar-refractivity contribution in [3.63, 3.8) is 0 Å². The molecule has 6 aromatic carbocycles. The SMILES string of the molecule is Cc1cccc(C)c1CN1CCN(Cc2ccc3c(c2)c(-c2ccc(OC(F)(F)F)cc2)cn3CCCNC(=O)C2CNCC(c3ccc(C(F)(F)F)c(CN4CCN(Cc5ccc6c(c5)c(-c5ccc(OC(F)(F)F)cc5)cn6CCCNC(=O)C5CNCCN5)CC4)c3)N2)CC1. The number of carbonyl (C=O) groups excluding carboxylic acids is 2. The molecule has 4 aliphatic heterocycles. The van der Waals surface area contributed by atoms with Gasteiger partial charge in [0.1, 0.15) is 11.5 Å². The molecule has 3 unspecified atom stereocenters. The molecule has 98 heavy (non-hydrogen) atoms. The number of aromatic nitrogens is 2. The van der Waals surface area contributed by atoms with Crippen molar-refractivity contribution in [3.8, 4) is 33.8 Å². The molecule has 0 saturated carbocycles.